The van der Waals surface area contributed by atoms with Crippen molar-refractivity contribution >= 4 is 33.2 Å². The summed E-state index contributed by atoms with van der Waals surface area (Å²) in [7, 11) is -4.03. The third-order valence-electron chi connectivity index (χ3n) is 5.45. The van der Waals surface area contributed by atoms with Crippen LogP contribution in [0, 0.1) is 5.82 Å². The summed E-state index contributed by atoms with van der Waals surface area (Å²) in [4.78, 5) is 27.6. The van der Waals surface area contributed by atoms with Gasteiger partial charge in [0, 0.05) is 31.7 Å². The van der Waals surface area contributed by atoms with E-state index in [1.54, 1.807) is 11.4 Å². The molecule has 3 N–H and O–H groups in total. The van der Waals surface area contributed by atoms with Crippen LogP contribution in [0.1, 0.15) is 21.5 Å². The summed E-state index contributed by atoms with van der Waals surface area (Å²) in [6.45, 7) is 0.383. The minimum absolute atomic E-state index is 0.0132. The third-order valence-corrected chi connectivity index (χ3v) is 8.67. The van der Waals surface area contributed by atoms with E-state index in [9.17, 15) is 22.4 Å². The number of sulfonamides is 1. The number of halogens is 1. The van der Waals surface area contributed by atoms with Gasteiger partial charge < -0.3 is 16.0 Å². The van der Waals surface area contributed by atoms with Crippen LogP contribution in [0.4, 0.5) is 4.39 Å². The first-order valence-corrected chi connectivity index (χ1v) is 12.8. The van der Waals surface area contributed by atoms with E-state index in [0.29, 0.717) is 6.54 Å². The molecule has 2 aromatic carbocycles. The molecule has 0 saturated carbocycles. The first kappa shape index (κ1) is 24.0. The van der Waals surface area contributed by atoms with Crippen molar-refractivity contribution in [1.29, 1.82) is 0 Å². The van der Waals surface area contributed by atoms with Gasteiger partial charge in [-0.25, -0.2) is 12.8 Å². The third kappa shape index (κ3) is 4.87. The average molecular weight is 503 g/mol. The largest absolute Gasteiger partial charge is 0.349 e. The first-order chi connectivity index (χ1) is 16.3. The van der Waals surface area contributed by atoms with E-state index in [1.165, 1.54) is 24.3 Å². The molecule has 1 aliphatic heterocycles. The molecule has 8 nitrogen and oxygen atoms in total. The molecular formula is C23H23FN4O4S2. The van der Waals surface area contributed by atoms with Crippen LogP contribution in [0.5, 0.6) is 0 Å². The van der Waals surface area contributed by atoms with Gasteiger partial charge in [-0.05, 0) is 40.8 Å². The predicted molar refractivity (Wildman–Crippen MR) is 126 cm³/mol. The van der Waals surface area contributed by atoms with Gasteiger partial charge in [0.1, 0.15) is 10.0 Å². The summed E-state index contributed by atoms with van der Waals surface area (Å²) in [5.41, 5.74) is 7.37. The highest BCUT2D eigenvalue weighted by Crippen LogP contribution is 2.28. The van der Waals surface area contributed by atoms with Gasteiger partial charge in [-0.1, -0.05) is 36.4 Å². The minimum atomic E-state index is -4.03. The molecule has 0 aliphatic carbocycles. The number of thiophene rings is 1. The normalized spacial score (nSPS) is 16.5. The van der Waals surface area contributed by atoms with Crippen molar-refractivity contribution in [3.8, 4) is 0 Å². The van der Waals surface area contributed by atoms with Gasteiger partial charge in [0.05, 0.1) is 0 Å². The van der Waals surface area contributed by atoms with Gasteiger partial charge in [0.25, 0.3) is 21.8 Å². The Bertz CT molecular complexity index is 1300. The zero-order chi connectivity index (χ0) is 24.3. The van der Waals surface area contributed by atoms with Gasteiger partial charge in [-0.2, -0.15) is 4.31 Å². The molecule has 1 aliphatic rings. The summed E-state index contributed by atoms with van der Waals surface area (Å²) >= 11 is 1.03. The van der Waals surface area contributed by atoms with Crippen LogP contribution in [0.3, 0.4) is 0 Å². The molecule has 34 heavy (non-hydrogen) atoms. The maximum atomic E-state index is 13.7. The van der Waals surface area contributed by atoms with E-state index >= 15 is 0 Å². The zero-order valence-corrected chi connectivity index (χ0v) is 19.7. The van der Waals surface area contributed by atoms with Gasteiger partial charge in [0.2, 0.25) is 0 Å². The van der Waals surface area contributed by atoms with Crippen molar-refractivity contribution in [2.24, 2.45) is 5.73 Å². The Balaban J connectivity index is 1.63. The monoisotopic (exact) mass is 502 g/mol. The van der Waals surface area contributed by atoms with Gasteiger partial charge in [-0.15, -0.1) is 11.3 Å². The maximum Gasteiger partial charge on any atom is 0.259 e. The predicted octanol–water partition coefficient (Wildman–Crippen LogP) is 2.14. The van der Waals surface area contributed by atoms with Crippen molar-refractivity contribution in [3.63, 3.8) is 0 Å². The second kappa shape index (κ2) is 10.0. The van der Waals surface area contributed by atoms with Crippen molar-refractivity contribution in [3.05, 3.63) is 88.6 Å². The van der Waals surface area contributed by atoms with Crippen LogP contribution in [-0.4, -0.2) is 48.7 Å². The zero-order valence-electron chi connectivity index (χ0n) is 18.1. The number of rotatable bonds is 7. The molecule has 0 bridgehead atoms. The lowest BCUT2D eigenvalue weighted by molar-refractivity contribution is -0.127. The van der Waals surface area contributed by atoms with Crippen molar-refractivity contribution in [2.75, 3.05) is 13.1 Å². The standard InChI is InChI=1S/C23H23FN4O4S2/c24-19-7-2-6-18(13-19)23(30)27-9-10-28(34(31,32)20-8-3-11-33-20)22(27)21(29)26-15-17-5-1-4-16(12-17)14-25/h1-8,11-13,22H,9-10,14-15,25H2,(H,26,29). The van der Waals surface area contributed by atoms with Gasteiger partial charge in [0.15, 0.2) is 6.17 Å². The van der Waals surface area contributed by atoms with Crippen LogP contribution < -0.4 is 11.1 Å². The molecule has 1 aromatic heterocycles. The quantitative estimate of drug-likeness (QED) is 0.514. The Morgan fingerprint density at radius 2 is 1.82 bits per heavy atom. The number of carbonyl (C=O) groups excluding carboxylic acids is 2. The van der Waals surface area contributed by atoms with E-state index in [0.717, 1.165) is 37.7 Å². The number of hydrogen-bond donors (Lipinski definition) is 2. The maximum absolute atomic E-state index is 13.7. The number of nitrogens with one attached hydrogen (secondary N) is 1. The van der Waals surface area contributed by atoms with Crippen molar-refractivity contribution in [2.45, 2.75) is 23.5 Å². The molecule has 2 amide bonds. The SMILES string of the molecule is NCc1cccc(CNC(=O)C2N(C(=O)c3cccc(F)c3)CCN2S(=O)(=O)c2cccs2)c1. The van der Waals surface area contributed by atoms with E-state index in [1.807, 2.05) is 24.3 Å². The Labute approximate surface area is 200 Å². The van der Waals surface area contributed by atoms with Crippen LogP contribution in [0.25, 0.3) is 0 Å². The Morgan fingerprint density at radius 1 is 1.06 bits per heavy atom. The summed E-state index contributed by atoms with van der Waals surface area (Å²) in [5, 5.41) is 4.36. The number of carbonyl (C=O) groups is 2. The molecule has 0 spiro atoms. The summed E-state index contributed by atoms with van der Waals surface area (Å²) < 4.78 is 41.4. The Kier molecular flexibility index (Phi) is 7.08. The second-order valence-electron chi connectivity index (χ2n) is 7.67. The van der Waals surface area contributed by atoms with Gasteiger partial charge >= 0.3 is 0 Å². The molecule has 178 valence electrons. The van der Waals surface area contributed by atoms with Crippen LogP contribution in [0.2, 0.25) is 0 Å². The van der Waals surface area contributed by atoms with Crippen LogP contribution in [0.15, 0.2) is 70.3 Å². The van der Waals surface area contributed by atoms with E-state index < -0.39 is 33.8 Å². The van der Waals surface area contributed by atoms with Gasteiger partial charge in [-0.3, -0.25) is 9.59 Å². The lowest BCUT2D eigenvalue weighted by atomic mass is 10.1. The molecule has 3 aromatic rings. The average Bonchev–Trinajstić information content (AvgIpc) is 3.53. The lowest BCUT2D eigenvalue weighted by Crippen LogP contribution is -2.53. The van der Waals surface area contributed by atoms with Crippen LogP contribution in [-0.2, 0) is 27.9 Å². The van der Waals surface area contributed by atoms with E-state index in [2.05, 4.69) is 5.32 Å². The molecular weight excluding hydrogens is 479 g/mol. The first-order valence-electron chi connectivity index (χ1n) is 10.5. The number of nitrogens with zero attached hydrogens (tertiary/aromatic N) is 2. The molecule has 2 heterocycles. The highest BCUT2D eigenvalue weighted by molar-refractivity contribution is 7.91. The minimum Gasteiger partial charge on any atom is -0.349 e. The molecule has 1 unspecified atom stereocenters. The smallest absolute Gasteiger partial charge is 0.259 e. The highest BCUT2D eigenvalue weighted by Gasteiger charge is 2.46. The fraction of sp³-hybridized carbons (Fsp3) is 0.217. The molecule has 4 rings (SSSR count). The second-order valence-corrected chi connectivity index (χ2v) is 10.7. The van der Waals surface area contributed by atoms with Crippen molar-refractivity contribution < 1.29 is 22.4 Å². The van der Waals surface area contributed by atoms with E-state index in [-0.39, 0.29) is 29.4 Å². The molecule has 1 atom stereocenters. The molecule has 1 saturated heterocycles. The van der Waals surface area contributed by atoms with Crippen LogP contribution >= 0.6 is 11.3 Å². The topological polar surface area (TPSA) is 113 Å². The fourth-order valence-corrected chi connectivity index (χ4v) is 6.47. The highest BCUT2D eigenvalue weighted by atomic mass is 32.2. The number of amides is 2. The summed E-state index contributed by atoms with van der Waals surface area (Å²) in [6, 6.07) is 15.4. The lowest BCUT2D eigenvalue weighted by Gasteiger charge is -2.28. The number of hydrogen-bond acceptors (Lipinski definition) is 6. The fourth-order valence-electron chi connectivity index (χ4n) is 3.80. The summed E-state index contributed by atoms with van der Waals surface area (Å²) in [6.07, 6.45) is -1.42. The Morgan fingerprint density at radius 3 is 2.53 bits per heavy atom. The number of nitrogens with two attached hydrogens (primary N) is 1. The Hall–Kier alpha value is -3.12. The van der Waals surface area contributed by atoms with Crippen molar-refractivity contribution in [1.82, 2.24) is 14.5 Å². The number of benzene rings is 2. The molecule has 11 heteroatoms. The molecule has 0 radical (unpaired) electrons. The molecule has 1 fully saturated rings. The summed E-state index contributed by atoms with van der Waals surface area (Å²) in [5.74, 6) is -1.89. The van der Waals surface area contributed by atoms with E-state index in [4.69, 9.17) is 5.73 Å².